The van der Waals surface area contributed by atoms with Crippen molar-refractivity contribution in [2.75, 3.05) is 10.5 Å². The number of thioether (sulfide) groups is 1. The van der Waals surface area contributed by atoms with Gasteiger partial charge in [0, 0.05) is 24.1 Å². The summed E-state index contributed by atoms with van der Waals surface area (Å²) in [5, 5.41) is 0.859. The van der Waals surface area contributed by atoms with Gasteiger partial charge in [0.25, 0.3) is 10.0 Å². The van der Waals surface area contributed by atoms with Gasteiger partial charge in [-0.15, -0.1) is 0 Å². The van der Waals surface area contributed by atoms with E-state index in [0.717, 1.165) is 35.7 Å². The third-order valence-electron chi connectivity index (χ3n) is 3.94. The summed E-state index contributed by atoms with van der Waals surface area (Å²) in [4.78, 5) is 3.50. The van der Waals surface area contributed by atoms with Gasteiger partial charge in [0.1, 0.15) is 11.6 Å². The fourth-order valence-corrected chi connectivity index (χ4v) is 4.93. The number of nitrogens with one attached hydrogen (secondary N) is 1. The van der Waals surface area contributed by atoms with Crippen LogP contribution in [0.25, 0.3) is 11.3 Å². The zero-order valence-corrected chi connectivity index (χ0v) is 14.9. The zero-order chi connectivity index (χ0) is 18.3. The molecule has 0 saturated carbocycles. The summed E-state index contributed by atoms with van der Waals surface area (Å²) < 4.78 is 57.2. The van der Waals surface area contributed by atoms with Crippen LogP contribution in [-0.2, 0) is 16.6 Å². The van der Waals surface area contributed by atoms with Gasteiger partial charge in [-0.1, -0.05) is 36.0 Å². The molecule has 0 unspecified atom stereocenters. The number of hydrogen-bond acceptors (Lipinski definition) is 4. The lowest BCUT2D eigenvalue weighted by Gasteiger charge is -2.12. The van der Waals surface area contributed by atoms with Crippen molar-refractivity contribution < 1.29 is 17.2 Å². The molecule has 0 fully saturated rings. The molecule has 0 bridgehead atoms. The largest absolute Gasteiger partial charge is 0.325 e. The standard InChI is InChI=1S/C17H13F2N3O2S2/c18-12-5-3-6-13(19)16(12)26(23,24)21-14-7-2-1-4-11(14)15-10-22-8-9-25-17(22)20-15/h1-7,10,21H,8-9H2. The van der Waals surface area contributed by atoms with Crippen molar-refractivity contribution in [1.82, 2.24) is 9.55 Å². The van der Waals surface area contributed by atoms with E-state index in [4.69, 9.17) is 0 Å². The Bertz CT molecular complexity index is 1060. The SMILES string of the molecule is O=S(=O)(Nc1ccccc1-c1cn2c(n1)SCC2)c1c(F)cccc1F. The van der Waals surface area contributed by atoms with Gasteiger partial charge in [-0.25, -0.2) is 22.2 Å². The van der Waals surface area contributed by atoms with Crippen molar-refractivity contribution in [3.63, 3.8) is 0 Å². The maximum Gasteiger partial charge on any atom is 0.267 e. The number of rotatable bonds is 4. The van der Waals surface area contributed by atoms with Crippen molar-refractivity contribution in [3.05, 3.63) is 60.3 Å². The highest BCUT2D eigenvalue weighted by atomic mass is 32.2. The van der Waals surface area contributed by atoms with Crippen molar-refractivity contribution in [3.8, 4) is 11.3 Å². The topological polar surface area (TPSA) is 64.0 Å². The number of sulfonamides is 1. The summed E-state index contributed by atoms with van der Waals surface area (Å²) in [6.07, 6.45) is 1.84. The minimum absolute atomic E-state index is 0.205. The molecule has 26 heavy (non-hydrogen) atoms. The van der Waals surface area contributed by atoms with Gasteiger partial charge in [-0.05, 0) is 18.2 Å². The molecule has 9 heteroatoms. The maximum absolute atomic E-state index is 13.9. The van der Waals surface area contributed by atoms with Gasteiger partial charge in [-0.3, -0.25) is 4.72 Å². The number of aryl methyl sites for hydroxylation is 1. The third-order valence-corrected chi connectivity index (χ3v) is 6.33. The van der Waals surface area contributed by atoms with Gasteiger partial charge in [-0.2, -0.15) is 0 Å². The predicted molar refractivity (Wildman–Crippen MR) is 95.6 cm³/mol. The van der Waals surface area contributed by atoms with E-state index in [-0.39, 0.29) is 5.69 Å². The molecule has 0 aliphatic carbocycles. The van der Waals surface area contributed by atoms with Crippen LogP contribution in [0.15, 0.2) is 58.7 Å². The summed E-state index contributed by atoms with van der Waals surface area (Å²) in [6, 6.07) is 9.54. The highest BCUT2D eigenvalue weighted by Gasteiger charge is 2.25. The highest BCUT2D eigenvalue weighted by molar-refractivity contribution is 7.99. The van der Waals surface area contributed by atoms with Gasteiger partial charge in [0.05, 0.1) is 11.4 Å². The minimum atomic E-state index is -4.44. The first-order chi connectivity index (χ1) is 12.5. The molecule has 5 nitrogen and oxygen atoms in total. The molecule has 0 spiro atoms. The van der Waals surface area contributed by atoms with Crippen LogP contribution in [-0.4, -0.2) is 23.7 Å². The average molecular weight is 393 g/mol. The lowest BCUT2D eigenvalue weighted by Crippen LogP contribution is -2.17. The lowest BCUT2D eigenvalue weighted by molar-refractivity contribution is 0.521. The average Bonchev–Trinajstić information content (AvgIpc) is 3.16. The summed E-state index contributed by atoms with van der Waals surface area (Å²) in [5.41, 5.74) is 1.34. The second-order valence-corrected chi connectivity index (χ2v) is 8.33. The van der Waals surface area contributed by atoms with E-state index in [1.807, 2.05) is 10.8 Å². The van der Waals surface area contributed by atoms with Crippen molar-refractivity contribution >= 4 is 27.5 Å². The maximum atomic E-state index is 13.9. The molecule has 1 aliphatic heterocycles. The molecule has 1 aliphatic rings. The summed E-state index contributed by atoms with van der Waals surface area (Å²) in [6.45, 7) is 0.835. The van der Waals surface area contributed by atoms with Crippen LogP contribution in [0.1, 0.15) is 0 Å². The van der Waals surface area contributed by atoms with E-state index < -0.39 is 26.6 Å². The van der Waals surface area contributed by atoms with Crippen LogP contribution in [0.2, 0.25) is 0 Å². The smallest absolute Gasteiger partial charge is 0.267 e. The number of benzene rings is 2. The third kappa shape index (κ3) is 2.97. The van der Waals surface area contributed by atoms with Crippen LogP contribution < -0.4 is 4.72 Å². The molecule has 3 aromatic rings. The van der Waals surface area contributed by atoms with Gasteiger partial charge >= 0.3 is 0 Å². The lowest BCUT2D eigenvalue weighted by atomic mass is 10.1. The van der Waals surface area contributed by atoms with Crippen LogP contribution in [0.3, 0.4) is 0 Å². The molecule has 1 N–H and O–H groups in total. The van der Waals surface area contributed by atoms with E-state index in [1.54, 1.807) is 30.0 Å². The Balaban J connectivity index is 1.75. The van der Waals surface area contributed by atoms with E-state index in [2.05, 4.69) is 9.71 Å². The Morgan fingerprint density at radius 2 is 1.81 bits per heavy atom. The van der Waals surface area contributed by atoms with Gasteiger partial charge in [0.2, 0.25) is 0 Å². The predicted octanol–water partition coefficient (Wildman–Crippen LogP) is 3.73. The van der Waals surface area contributed by atoms with E-state index in [1.165, 1.54) is 6.07 Å². The van der Waals surface area contributed by atoms with E-state index in [9.17, 15) is 17.2 Å². The first-order valence-corrected chi connectivity index (χ1v) is 10.2. The monoisotopic (exact) mass is 393 g/mol. The fraction of sp³-hybridized carbons (Fsp3) is 0.118. The first kappa shape index (κ1) is 17.0. The molecule has 4 rings (SSSR count). The Hall–Kier alpha value is -2.39. The fourth-order valence-electron chi connectivity index (χ4n) is 2.77. The molecular weight excluding hydrogens is 380 g/mol. The Morgan fingerprint density at radius 3 is 2.54 bits per heavy atom. The summed E-state index contributed by atoms with van der Waals surface area (Å²) >= 11 is 1.62. The van der Waals surface area contributed by atoms with E-state index in [0.29, 0.717) is 11.3 Å². The van der Waals surface area contributed by atoms with Crippen LogP contribution in [0.4, 0.5) is 14.5 Å². The first-order valence-electron chi connectivity index (χ1n) is 7.72. The summed E-state index contributed by atoms with van der Waals surface area (Å²) in [5.74, 6) is -1.34. The van der Waals surface area contributed by atoms with Crippen molar-refractivity contribution in [1.29, 1.82) is 0 Å². The summed E-state index contributed by atoms with van der Waals surface area (Å²) in [7, 11) is -4.44. The van der Waals surface area contributed by atoms with Crippen LogP contribution in [0, 0.1) is 11.6 Å². The number of hydrogen-bond donors (Lipinski definition) is 1. The minimum Gasteiger partial charge on any atom is -0.325 e. The number of fused-ring (bicyclic) bond motifs is 1. The van der Waals surface area contributed by atoms with Crippen molar-refractivity contribution in [2.24, 2.45) is 0 Å². The van der Waals surface area contributed by atoms with E-state index >= 15 is 0 Å². The zero-order valence-electron chi connectivity index (χ0n) is 13.3. The number of para-hydroxylation sites is 1. The number of halogens is 2. The molecule has 0 amide bonds. The molecule has 0 atom stereocenters. The number of nitrogens with zero attached hydrogens (tertiary/aromatic N) is 2. The normalized spacial score (nSPS) is 13.6. The number of anilines is 1. The van der Waals surface area contributed by atoms with Crippen LogP contribution >= 0.6 is 11.8 Å². The number of imidazole rings is 1. The molecule has 1 aromatic heterocycles. The molecule has 134 valence electrons. The van der Waals surface area contributed by atoms with Crippen LogP contribution in [0.5, 0.6) is 0 Å². The second kappa shape index (κ2) is 6.40. The Labute approximate surface area is 153 Å². The number of aromatic nitrogens is 2. The van der Waals surface area contributed by atoms with Crippen molar-refractivity contribution in [2.45, 2.75) is 16.6 Å². The highest BCUT2D eigenvalue weighted by Crippen LogP contribution is 2.33. The van der Waals surface area contributed by atoms with Gasteiger partial charge < -0.3 is 4.57 Å². The second-order valence-electron chi connectivity index (χ2n) is 5.65. The Morgan fingerprint density at radius 1 is 1.08 bits per heavy atom. The molecule has 0 radical (unpaired) electrons. The molecule has 2 heterocycles. The van der Waals surface area contributed by atoms with Gasteiger partial charge in [0.15, 0.2) is 10.1 Å². The molecule has 0 saturated heterocycles. The molecule has 2 aromatic carbocycles. The quantitative estimate of drug-likeness (QED) is 0.734. The molecular formula is C17H13F2N3O2S2. The Kier molecular flexibility index (Phi) is 4.20.